The summed E-state index contributed by atoms with van der Waals surface area (Å²) >= 11 is 0. The van der Waals surface area contributed by atoms with Gasteiger partial charge in [-0.2, -0.15) is 5.26 Å². The largest absolute Gasteiger partial charge is 0.348 e. The van der Waals surface area contributed by atoms with Crippen molar-refractivity contribution >= 4 is 22.7 Å². The van der Waals surface area contributed by atoms with E-state index in [4.69, 9.17) is 0 Å². The molecule has 0 amide bonds. The summed E-state index contributed by atoms with van der Waals surface area (Å²) in [6.07, 6.45) is 3.86. The van der Waals surface area contributed by atoms with Crippen LogP contribution in [0.4, 0.5) is 0 Å². The average molecular weight is 262 g/mol. The Labute approximate surface area is 117 Å². The predicted octanol–water partition coefficient (Wildman–Crippen LogP) is 3.45. The summed E-state index contributed by atoms with van der Waals surface area (Å²) < 4.78 is 2.08. The van der Waals surface area contributed by atoms with Gasteiger partial charge >= 0.3 is 0 Å². The van der Waals surface area contributed by atoms with Crippen LogP contribution in [0, 0.1) is 11.3 Å². The first-order valence-electron chi connectivity index (χ1n) is 6.54. The van der Waals surface area contributed by atoms with E-state index >= 15 is 0 Å². The van der Waals surface area contributed by atoms with E-state index in [1.54, 1.807) is 0 Å². The lowest BCUT2D eigenvalue weighted by atomic mass is 10.2. The zero-order valence-corrected chi connectivity index (χ0v) is 11.2. The predicted molar refractivity (Wildman–Crippen MR) is 79.7 cm³/mol. The maximum atomic E-state index is 9.38. The third-order valence-electron chi connectivity index (χ3n) is 3.26. The maximum absolute atomic E-state index is 9.38. The number of nitrogens with zero attached hydrogens (tertiary/aromatic N) is 3. The Balaban J connectivity index is 2.08. The Morgan fingerprint density at radius 1 is 1.35 bits per heavy atom. The van der Waals surface area contributed by atoms with Gasteiger partial charge in [0.25, 0.3) is 0 Å². The molecule has 0 radical (unpaired) electrons. The van der Waals surface area contributed by atoms with Gasteiger partial charge in [-0.15, -0.1) is 0 Å². The van der Waals surface area contributed by atoms with E-state index in [-0.39, 0.29) is 0 Å². The number of nitriles is 1. The van der Waals surface area contributed by atoms with E-state index in [0.717, 1.165) is 23.3 Å². The van der Waals surface area contributed by atoms with Gasteiger partial charge in [-0.05, 0) is 37.3 Å². The van der Waals surface area contributed by atoms with Crippen LogP contribution in [-0.2, 0) is 6.54 Å². The van der Waals surface area contributed by atoms with Crippen LogP contribution in [-0.4, -0.2) is 14.5 Å². The molecule has 1 aromatic carbocycles. The van der Waals surface area contributed by atoms with Gasteiger partial charge in [0.2, 0.25) is 0 Å². The van der Waals surface area contributed by atoms with E-state index < -0.39 is 0 Å². The fourth-order valence-corrected chi connectivity index (χ4v) is 2.23. The number of aromatic amines is 1. The Hall–Kier alpha value is -2.80. The van der Waals surface area contributed by atoms with Gasteiger partial charge in [-0.3, -0.25) is 0 Å². The first-order valence-corrected chi connectivity index (χ1v) is 6.54. The number of aryl methyl sites for hydroxylation is 1. The van der Waals surface area contributed by atoms with Crippen molar-refractivity contribution < 1.29 is 0 Å². The first-order chi connectivity index (χ1) is 9.81. The number of rotatable bonds is 3. The number of benzene rings is 1. The molecule has 3 rings (SSSR count). The molecule has 20 heavy (non-hydrogen) atoms. The highest BCUT2D eigenvalue weighted by Gasteiger charge is 2.08. The number of aromatic nitrogens is 3. The quantitative estimate of drug-likeness (QED) is 0.735. The summed E-state index contributed by atoms with van der Waals surface area (Å²) in [4.78, 5) is 7.65. The van der Waals surface area contributed by atoms with Crippen LogP contribution in [0.5, 0.6) is 0 Å². The molecular weight excluding hydrogens is 248 g/mol. The summed E-state index contributed by atoms with van der Waals surface area (Å²) in [6.45, 7) is 2.95. The Morgan fingerprint density at radius 3 is 2.95 bits per heavy atom. The number of hydrogen-bond donors (Lipinski definition) is 1. The second-order valence-corrected chi connectivity index (χ2v) is 4.49. The number of fused-ring (bicyclic) bond motifs is 1. The molecule has 3 aromatic rings. The first kappa shape index (κ1) is 12.2. The van der Waals surface area contributed by atoms with E-state index in [1.807, 2.05) is 48.7 Å². The van der Waals surface area contributed by atoms with Gasteiger partial charge in [0.05, 0.1) is 16.6 Å². The second-order valence-electron chi connectivity index (χ2n) is 4.49. The van der Waals surface area contributed by atoms with Gasteiger partial charge in [0.1, 0.15) is 11.9 Å². The lowest BCUT2D eigenvalue weighted by Gasteiger charge is -2.01. The zero-order chi connectivity index (χ0) is 13.9. The van der Waals surface area contributed by atoms with Gasteiger partial charge in [0, 0.05) is 18.4 Å². The second kappa shape index (κ2) is 5.06. The number of nitrogens with one attached hydrogen (secondary N) is 1. The van der Waals surface area contributed by atoms with Crippen LogP contribution >= 0.6 is 0 Å². The summed E-state index contributed by atoms with van der Waals surface area (Å²) in [5, 5.41) is 9.38. The molecule has 4 nitrogen and oxygen atoms in total. The molecule has 0 saturated carbocycles. The van der Waals surface area contributed by atoms with Crippen molar-refractivity contribution in [3.05, 3.63) is 54.1 Å². The average Bonchev–Trinajstić information content (AvgIpc) is 3.10. The van der Waals surface area contributed by atoms with Crippen LogP contribution in [0.25, 0.3) is 22.7 Å². The van der Waals surface area contributed by atoms with E-state index in [9.17, 15) is 5.26 Å². The highest BCUT2D eigenvalue weighted by molar-refractivity contribution is 5.89. The third-order valence-corrected chi connectivity index (χ3v) is 3.26. The van der Waals surface area contributed by atoms with Crippen LogP contribution in [0.15, 0.2) is 42.6 Å². The minimum atomic E-state index is 0.537. The lowest BCUT2D eigenvalue weighted by molar-refractivity contribution is 0.762. The van der Waals surface area contributed by atoms with Crippen LogP contribution in [0.2, 0.25) is 0 Å². The molecule has 0 aliphatic rings. The van der Waals surface area contributed by atoms with Crippen molar-refractivity contribution in [3.8, 4) is 6.07 Å². The molecule has 0 saturated heterocycles. The third kappa shape index (κ3) is 2.10. The van der Waals surface area contributed by atoms with Gasteiger partial charge in [-0.1, -0.05) is 12.1 Å². The SMILES string of the molecule is CCn1cccc1/C=C(/C#N)c1nc2ccccc2[nH]1. The van der Waals surface area contributed by atoms with Crippen LogP contribution < -0.4 is 0 Å². The summed E-state index contributed by atoms with van der Waals surface area (Å²) in [7, 11) is 0. The van der Waals surface area contributed by atoms with E-state index in [2.05, 4.69) is 27.5 Å². The van der Waals surface area contributed by atoms with Crippen molar-refractivity contribution in [2.75, 3.05) is 0 Å². The smallest absolute Gasteiger partial charge is 0.149 e. The normalized spacial score (nSPS) is 11.7. The molecule has 0 aliphatic carbocycles. The van der Waals surface area contributed by atoms with Crippen molar-refractivity contribution in [3.63, 3.8) is 0 Å². The zero-order valence-electron chi connectivity index (χ0n) is 11.2. The molecule has 0 atom stereocenters. The Bertz CT molecular complexity index is 781. The molecule has 2 aromatic heterocycles. The molecule has 4 heteroatoms. The van der Waals surface area contributed by atoms with Gasteiger partial charge < -0.3 is 9.55 Å². The number of H-pyrrole nitrogens is 1. The van der Waals surface area contributed by atoms with E-state index in [1.165, 1.54) is 0 Å². The lowest BCUT2D eigenvalue weighted by Crippen LogP contribution is -1.95. The maximum Gasteiger partial charge on any atom is 0.149 e. The van der Waals surface area contributed by atoms with Gasteiger partial charge in [0.15, 0.2) is 0 Å². The molecule has 1 N–H and O–H groups in total. The molecule has 0 aliphatic heterocycles. The number of para-hydroxylation sites is 2. The molecule has 0 spiro atoms. The highest BCUT2D eigenvalue weighted by Crippen LogP contribution is 2.19. The number of hydrogen-bond acceptors (Lipinski definition) is 2. The van der Waals surface area contributed by atoms with Crippen molar-refractivity contribution in [2.45, 2.75) is 13.5 Å². The van der Waals surface area contributed by atoms with Crippen molar-refractivity contribution in [1.29, 1.82) is 5.26 Å². The summed E-state index contributed by atoms with van der Waals surface area (Å²) in [5.41, 5.74) is 3.35. The summed E-state index contributed by atoms with van der Waals surface area (Å²) in [5.74, 6) is 0.609. The van der Waals surface area contributed by atoms with Gasteiger partial charge in [-0.25, -0.2) is 4.98 Å². The summed E-state index contributed by atoms with van der Waals surface area (Å²) in [6, 6.07) is 14.0. The standard InChI is InChI=1S/C16H14N4/c1-2-20-9-5-6-13(20)10-12(11-17)16-18-14-7-3-4-8-15(14)19-16/h3-10H,2H2,1H3,(H,18,19)/b12-10-. The van der Waals surface area contributed by atoms with Crippen LogP contribution in [0.1, 0.15) is 18.4 Å². The number of allylic oxidation sites excluding steroid dienone is 1. The fourth-order valence-electron chi connectivity index (χ4n) is 2.23. The molecular formula is C16H14N4. The molecule has 2 heterocycles. The molecule has 0 fully saturated rings. The minimum Gasteiger partial charge on any atom is -0.348 e. The fraction of sp³-hybridized carbons (Fsp3) is 0.125. The van der Waals surface area contributed by atoms with E-state index in [0.29, 0.717) is 11.4 Å². The Kier molecular flexibility index (Phi) is 3.10. The molecule has 0 bridgehead atoms. The van der Waals surface area contributed by atoms with Crippen molar-refractivity contribution in [2.24, 2.45) is 0 Å². The van der Waals surface area contributed by atoms with Crippen molar-refractivity contribution in [1.82, 2.24) is 14.5 Å². The molecule has 98 valence electrons. The minimum absolute atomic E-state index is 0.537. The van der Waals surface area contributed by atoms with Crippen LogP contribution in [0.3, 0.4) is 0 Å². The Morgan fingerprint density at radius 2 is 2.20 bits per heavy atom. The topological polar surface area (TPSA) is 57.4 Å². The monoisotopic (exact) mass is 262 g/mol. The number of imidazole rings is 1. The molecule has 0 unspecified atom stereocenters. The highest BCUT2D eigenvalue weighted by atomic mass is 15.0.